The Bertz CT molecular complexity index is 488. The molecule has 3 nitrogen and oxygen atoms in total. The predicted molar refractivity (Wildman–Crippen MR) is 100 cm³/mol. The van der Waals surface area contributed by atoms with Crippen LogP contribution in [0.3, 0.4) is 0 Å². The second-order valence-electron chi connectivity index (χ2n) is 7.45. The van der Waals surface area contributed by atoms with Gasteiger partial charge < -0.3 is 10.2 Å². The first-order valence-electron chi connectivity index (χ1n) is 9.81. The molecule has 1 amide bonds. The van der Waals surface area contributed by atoms with Crippen molar-refractivity contribution >= 4 is 5.91 Å². The lowest BCUT2D eigenvalue weighted by Gasteiger charge is -2.31. The monoisotopic (exact) mass is 331 g/mol. The summed E-state index contributed by atoms with van der Waals surface area (Å²) in [6.45, 7) is 9.41. The van der Waals surface area contributed by atoms with Crippen molar-refractivity contribution in [2.45, 2.75) is 70.8 Å². The van der Waals surface area contributed by atoms with Crippen molar-refractivity contribution in [1.82, 2.24) is 5.32 Å². The molecule has 0 radical (unpaired) electrons. The van der Waals surface area contributed by atoms with Crippen LogP contribution >= 0.6 is 0 Å². The van der Waals surface area contributed by atoms with Gasteiger partial charge in [-0.15, -0.1) is 0 Å². The van der Waals surface area contributed by atoms with Crippen LogP contribution in [0.2, 0.25) is 0 Å². The summed E-state index contributed by atoms with van der Waals surface area (Å²) in [5.74, 6) is 0.217. The molecule has 1 aromatic rings. The molecule has 1 fully saturated rings. The van der Waals surface area contributed by atoms with Gasteiger partial charge in [0.1, 0.15) is 0 Å². The van der Waals surface area contributed by atoms with E-state index in [-0.39, 0.29) is 17.4 Å². The lowest BCUT2D eigenvalue weighted by Crippen LogP contribution is -3.16. The lowest BCUT2D eigenvalue weighted by molar-refractivity contribution is -0.914. The normalized spacial score (nSPS) is 17.8. The maximum atomic E-state index is 12.7. The van der Waals surface area contributed by atoms with Crippen LogP contribution in [0.25, 0.3) is 0 Å². The van der Waals surface area contributed by atoms with Gasteiger partial charge in [-0.1, -0.05) is 57.0 Å². The van der Waals surface area contributed by atoms with Crippen molar-refractivity contribution in [1.29, 1.82) is 0 Å². The highest BCUT2D eigenvalue weighted by molar-refractivity contribution is 5.80. The van der Waals surface area contributed by atoms with Gasteiger partial charge >= 0.3 is 0 Å². The molecule has 0 unspecified atom stereocenters. The van der Waals surface area contributed by atoms with Crippen LogP contribution in [-0.4, -0.2) is 31.6 Å². The fourth-order valence-corrected chi connectivity index (χ4v) is 4.21. The summed E-state index contributed by atoms with van der Waals surface area (Å²) >= 11 is 0. The molecule has 134 valence electrons. The van der Waals surface area contributed by atoms with Crippen molar-refractivity contribution in [3.63, 3.8) is 0 Å². The third-order valence-corrected chi connectivity index (χ3v) is 5.70. The first-order valence-corrected chi connectivity index (χ1v) is 9.81. The minimum atomic E-state index is 0.0409. The Labute approximate surface area is 147 Å². The SMILES string of the molecule is CCC[NH+](CCC)[C@@H](C)C(=O)NCC1(c2ccccc2)CCCC1. The van der Waals surface area contributed by atoms with Crippen LogP contribution < -0.4 is 10.2 Å². The van der Waals surface area contributed by atoms with Crippen molar-refractivity contribution < 1.29 is 9.69 Å². The van der Waals surface area contributed by atoms with Gasteiger partial charge in [0.15, 0.2) is 6.04 Å². The number of quaternary nitrogens is 1. The smallest absolute Gasteiger partial charge is 0.278 e. The van der Waals surface area contributed by atoms with E-state index in [1.165, 1.54) is 36.1 Å². The van der Waals surface area contributed by atoms with E-state index in [1.54, 1.807) is 0 Å². The molecular weight excluding hydrogens is 296 g/mol. The Hall–Kier alpha value is -1.35. The molecule has 24 heavy (non-hydrogen) atoms. The first-order chi connectivity index (χ1) is 11.6. The summed E-state index contributed by atoms with van der Waals surface area (Å²) in [6, 6.07) is 10.8. The molecule has 0 aromatic heterocycles. The number of benzene rings is 1. The van der Waals surface area contributed by atoms with Crippen LogP contribution in [0.15, 0.2) is 30.3 Å². The Morgan fingerprint density at radius 2 is 1.71 bits per heavy atom. The van der Waals surface area contributed by atoms with Crippen molar-refractivity contribution in [2.75, 3.05) is 19.6 Å². The van der Waals surface area contributed by atoms with E-state index in [4.69, 9.17) is 0 Å². The minimum absolute atomic E-state index is 0.0409. The van der Waals surface area contributed by atoms with Crippen LogP contribution in [0, 0.1) is 0 Å². The highest BCUT2D eigenvalue weighted by atomic mass is 16.2. The molecule has 1 saturated carbocycles. The Balaban J connectivity index is 2.00. The molecule has 2 N–H and O–H groups in total. The number of carbonyl (C=O) groups excluding carboxylic acids is 1. The van der Waals surface area contributed by atoms with Crippen LogP contribution in [-0.2, 0) is 10.2 Å². The van der Waals surface area contributed by atoms with Gasteiger partial charge in [-0.05, 0) is 38.2 Å². The van der Waals surface area contributed by atoms with Gasteiger partial charge in [-0.3, -0.25) is 4.79 Å². The second kappa shape index (κ2) is 9.22. The number of amides is 1. The second-order valence-corrected chi connectivity index (χ2v) is 7.45. The van der Waals surface area contributed by atoms with Gasteiger partial charge in [-0.25, -0.2) is 0 Å². The molecule has 1 aliphatic rings. The first kappa shape index (κ1) is 19.0. The third kappa shape index (κ3) is 4.60. The number of nitrogens with one attached hydrogen (secondary N) is 2. The average molecular weight is 332 g/mol. The van der Waals surface area contributed by atoms with E-state index in [2.05, 4.69) is 56.4 Å². The largest absolute Gasteiger partial charge is 0.350 e. The zero-order valence-electron chi connectivity index (χ0n) is 15.7. The van der Waals surface area contributed by atoms with Crippen molar-refractivity contribution in [2.24, 2.45) is 0 Å². The molecule has 0 bridgehead atoms. The standard InChI is InChI=1S/C21H34N2O/c1-4-15-23(16-5-2)18(3)20(24)22-17-21(13-9-10-14-21)19-11-7-6-8-12-19/h6-8,11-12,18H,4-5,9-10,13-17H2,1-3H3,(H,22,24)/p+1/t18-/m0/s1. The highest BCUT2D eigenvalue weighted by Crippen LogP contribution is 2.40. The zero-order valence-corrected chi connectivity index (χ0v) is 15.7. The zero-order chi connectivity index (χ0) is 17.4. The molecule has 0 aliphatic heterocycles. The molecule has 0 saturated heterocycles. The van der Waals surface area contributed by atoms with Gasteiger partial charge in [0.2, 0.25) is 0 Å². The predicted octanol–water partition coefficient (Wildman–Crippen LogP) is 2.71. The number of rotatable bonds is 9. The summed E-state index contributed by atoms with van der Waals surface area (Å²) < 4.78 is 0. The number of hydrogen-bond donors (Lipinski definition) is 2. The quantitative estimate of drug-likeness (QED) is 0.717. The van der Waals surface area contributed by atoms with Crippen LogP contribution in [0.4, 0.5) is 0 Å². The van der Waals surface area contributed by atoms with Crippen LogP contribution in [0.5, 0.6) is 0 Å². The highest BCUT2D eigenvalue weighted by Gasteiger charge is 2.36. The van der Waals surface area contributed by atoms with E-state index in [1.807, 2.05) is 0 Å². The maximum absolute atomic E-state index is 12.7. The molecule has 1 aromatic carbocycles. The Kier molecular flexibility index (Phi) is 7.29. The average Bonchev–Trinajstić information content (AvgIpc) is 3.10. The minimum Gasteiger partial charge on any atom is -0.350 e. The molecule has 1 atom stereocenters. The summed E-state index contributed by atoms with van der Waals surface area (Å²) in [7, 11) is 0. The molecule has 1 aliphatic carbocycles. The van der Waals surface area contributed by atoms with Gasteiger partial charge in [-0.2, -0.15) is 0 Å². The van der Waals surface area contributed by atoms with Gasteiger partial charge in [0, 0.05) is 12.0 Å². The maximum Gasteiger partial charge on any atom is 0.278 e. The van der Waals surface area contributed by atoms with E-state index in [0.29, 0.717) is 0 Å². The number of hydrogen-bond acceptors (Lipinski definition) is 1. The van der Waals surface area contributed by atoms with E-state index >= 15 is 0 Å². The topological polar surface area (TPSA) is 33.5 Å². The molecule has 0 heterocycles. The van der Waals surface area contributed by atoms with Crippen LogP contribution in [0.1, 0.15) is 64.9 Å². The van der Waals surface area contributed by atoms with E-state index in [9.17, 15) is 4.79 Å². The van der Waals surface area contributed by atoms with E-state index in [0.717, 1.165) is 32.5 Å². The van der Waals surface area contributed by atoms with Gasteiger partial charge in [0.05, 0.1) is 13.1 Å². The summed E-state index contributed by atoms with van der Waals surface area (Å²) in [5, 5.41) is 3.30. The molecule has 0 spiro atoms. The summed E-state index contributed by atoms with van der Waals surface area (Å²) in [5.41, 5.74) is 1.54. The summed E-state index contributed by atoms with van der Waals surface area (Å²) in [6.07, 6.45) is 7.16. The molecule has 2 rings (SSSR count). The van der Waals surface area contributed by atoms with Gasteiger partial charge in [0.25, 0.3) is 5.91 Å². The molecule has 3 heteroatoms. The van der Waals surface area contributed by atoms with E-state index < -0.39 is 0 Å². The fraction of sp³-hybridized carbons (Fsp3) is 0.667. The fourth-order valence-electron chi connectivity index (χ4n) is 4.21. The third-order valence-electron chi connectivity index (χ3n) is 5.70. The number of carbonyl (C=O) groups is 1. The lowest BCUT2D eigenvalue weighted by atomic mass is 9.79. The van der Waals surface area contributed by atoms with Crippen molar-refractivity contribution in [3.8, 4) is 0 Å². The van der Waals surface area contributed by atoms with Crippen molar-refractivity contribution in [3.05, 3.63) is 35.9 Å². The Morgan fingerprint density at radius 3 is 2.25 bits per heavy atom. The molecular formula is C21H35N2O+. The summed E-state index contributed by atoms with van der Waals surface area (Å²) in [4.78, 5) is 14.1. The Morgan fingerprint density at radius 1 is 1.12 bits per heavy atom.